The van der Waals surface area contributed by atoms with E-state index < -0.39 is 0 Å². The van der Waals surface area contributed by atoms with Crippen molar-refractivity contribution in [2.24, 2.45) is 0 Å². The van der Waals surface area contributed by atoms with Gasteiger partial charge in [0.25, 0.3) is 0 Å². The lowest BCUT2D eigenvalue weighted by molar-refractivity contribution is -0.114. The van der Waals surface area contributed by atoms with E-state index in [1.807, 2.05) is 60.9 Å². The lowest BCUT2D eigenvalue weighted by atomic mass is 10.3. The van der Waals surface area contributed by atoms with Gasteiger partial charge in [0.1, 0.15) is 0 Å². The minimum atomic E-state index is -0.0536. The first-order chi connectivity index (χ1) is 9.28. The number of hydrogen-bond donors (Lipinski definition) is 2. The maximum atomic E-state index is 11.8. The molecule has 0 fully saturated rings. The van der Waals surface area contributed by atoms with E-state index in [1.54, 1.807) is 11.8 Å². The first-order valence-electron chi connectivity index (χ1n) is 6.01. The molecule has 19 heavy (non-hydrogen) atoms. The van der Waals surface area contributed by atoms with Crippen LogP contribution in [-0.4, -0.2) is 18.7 Å². The van der Waals surface area contributed by atoms with E-state index in [-0.39, 0.29) is 12.5 Å². The fourth-order valence-electron chi connectivity index (χ4n) is 1.64. The summed E-state index contributed by atoms with van der Waals surface area (Å²) in [5.41, 5.74) is 1.77. The van der Waals surface area contributed by atoms with Crippen LogP contribution in [0.15, 0.2) is 59.5 Å². The first-order valence-corrected chi connectivity index (χ1v) is 7.23. The molecule has 0 aliphatic heterocycles. The van der Waals surface area contributed by atoms with E-state index in [0.29, 0.717) is 0 Å². The largest absolute Gasteiger partial charge is 0.376 e. The van der Waals surface area contributed by atoms with Crippen LogP contribution in [0, 0.1) is 0 Å². The Morgan fingerprint density at radius 3 is 2.53 bits per heavy atom. The minimum Gasteiger partial charge on any atom is -0.376 e. The molecule has 0 aliphatic carbocycles. The number of carbonyl (C=O) groups excluding carboxylic acids is 1. The predicted molar refractivity (Wildman–Crippen MR) is 81.8 cm³/mol. The van der Waals surface area contributed by atoms with E-state index in [2.05, 4.69) is 10.6 Å². The van der Waals surface area contributed by atoms with Crippen LogP contribution in [0.5, 0.6) is 0 Å². The number of benzene rings is 2. The van der Waals surface area contributed by atoms with E-state index in [9.17, 15) is 4.79 Å². The van der Waals surface area contributed by atoms with Crippen molar-refractivity contribution in [1.29, 1.82) is 0 Å². The van der Waals surface area contributed by atoms with Crippen LogP contribution in [-0.2, 0) is 4.79 Å². The van der Waals surface area contributed by atoms with Crippen molar-refractivity contribution in [2.75, 3.05) is 23.4 Å². The standard InChI is InChI=1S/C15H16N2OS/c1-19-14-9-5-8-13(10-14)17-15(18)11-16-12-6-3-2-4-7-12/h2-10,16H,11H2,1H3,(H,17,18). The molecular weight excluding hydrogens is 256 g/mol. The van der Waals surface area contributed by atoms with Crippen molar-refractivity contribution in [1.82, 2.24) is 0 Å². The van der Waals surface area contributed by atoms with Crippen LogP contribution in [0.3, 0.4) is 0 Å². The molecule has 0 aliphatic rings. The number of carbonyl (C=O) groups is 1. The molecule has 3 nitrogen and oxygen atoms in total. The lowest BCUT2D eigenvalue weighted by Gasteiger charge is -2.08. The van der Waals surface area contributed by atoms with Gasteiger partial charge in [0.05, 0.1) is 6.54 Å². The summed E-state index contributed by atoms with van der Waals surface area (Å²) in [6, 6.07) is 17.5. The van der Waals surface area contributed by atoms with Gasteiger partial charge in [-0.25, -0.2) is 0 Å². The number of hydrogen-bond acceptors (Lipinski definition) is 3. The average Bonchev–Trinajstić information content (AvgIpc) is 2.46. The Kier molecular flexibility index (Phi) is 4.86. The van der Waals surface area contributed by atoms with Gasteiger partial charge >= 0.3 is 0 Å². The molecule has 2 aromatic rings. The van der Waals surface area contributed by atoms with Gasteiger partial charge < -0.3 is 10.6 Å². The summed E-state index contributed by atoms with van der Waals surface area (Å²) in [7, 11) is 0. The van der Waals surface area contributed by atoms with Gasteiger partial charge in [-0.1, -0.05) is 24.3 Å². The molecule has 2 N–H and O–H groups in total. The molecule has 2 aromatic carbocycles. The number of nitrogens with one attached hydrogen (secondary N) is 2. The van der Waals surface area contributed by atoms with Crippen molar-refractivity contribution in [3.8, 4) is 0 Å². The molecule has 0 saturated carbocycles. The molecule has 0 heterocycles. The summed E-state index contributed by atoms with van der Waals surface area (Å²) in [6.07, 6.45) is 2.01. The maximum Gasteiger partial charge on any atom is 0.243 e. The Bertz CT molecular complexity index is 543. The number of para-hydroxylation sites is 1. The molecule has 0 aromatic heterocycles. The number of rotatable bonds is 5. The Morgan fingerprint density at radius 2 is 1.79 bits per heavy atom. The van der Waals surface area contributed by atoms with Crippen molar-refractivity contribution in [2.45, 2.75) is 4.90 Å². The van der Waals surface area contributed by atoms with Gasteiger partial charge in [0.2, 0.25) is 5.91 Å². The van der Waals surface area contributed by atoms with Gasteiger partial charge in [-0.2, -0.15) is 0 Å². The topological polar surface area (TPSA) is 41.1 Å². The molecule has 0 saturated heterocycles. The van der Waals surface area contributed by atoms with Gasteiger partial charge in [0, 0.05) is 16.3 Å². The normalized spacial score (nSPS) is 9.95. The van der Waals surface area contributed by atoms with Crippen LogP contribution < -0.4 is 10.6 Å². The second-order valence-electron chi connectivity index (χ2n) is 4.00. The van der Waals surface area contributed by atoms with Crippen molar-refractivity contribution >= 4 is 29.0 Å². The quantitative estimate of drug-likeness (QED) is 0.819. The highest BCUT2D eigenvalue weighted by Crippen LogP contribution is 2.18. The monoisotopic (exact) mass is 272 g/mol. The summed E-state index contributed by atoms with van der Waals surface area (Å²) < 4.78 is 0. The number of anilines is 2. The highest BCUT2D eigenvalue weighted by molar-refractivity contribution is 7.98. The molecule has 0 atom stereocenters. The summed E-state index contributed by atoms with van der Waals surface area (Å²) in [4.78, 5) is 12.9. The molecule has 1 amide bonds. The first kappa shape index (κ1) is 13.5. The van der Waals surface area contributed by atoms with Crippen LogP contribution in [0.1, 0.15) is 0 Å². The summed E-state index contributed by atoms with van der Waals surface area (Å²) in [5, 5.41) is 5.95. The fraction of sp³-hybridized carbons (Fsp3) is 0.133. The summed E-state index contributed by atoms with van der Waals surface area (Å²) in [6.45, 7) is 0.257. The van der Waals surface area contributed by atoms with Gasteiger partial charge in [0.15, 0.2) is 0 Å². The number of thioether (sulfide) groups is 1. The van der Waals surface area contributed by atoms with Crippen LogP contribution in [0.25, 0.3) is 0 Å². The summed E-state index contributed by atoms with van der Waals surface area (Å²) >= 11 is 1.65. The van der Waals surface area contributed by atoms with Crippen molar-refractivity contribution in [3.63, 3.8) is 0 Å². The molecule has 2 rings (SSSR count). The zero-order valence-corrected chi connectivity index (χ0v) is 11.5. The van der Waals surface area contributed by atoms with Gasteiger partial charge in [-0.3, -0.25) is 4.79 Å². The van der Waals surface area contributed by atoms with E-state index in [1.165, 1.54) is 0 Å². The van der Waals surface area contributed by atoms with Gasteiger partial charge in [-0.15, -0.1) is 11.8 Å². The smallest absolute Gasteiger partial charge is 0.243 e. The summed E-state index contributed by atoms with van der Waals surface area (Å²) in [5.74, 6) is -0.0536. The highest BCUT2D eigenvalue weighted by atomic mass is 32.2. The Balaban J connectivity index is 1.87. The molecule has 0 bridgehead atoms. The molecule has 4 heteroatoms. The zero-order chi connectivity index (χ0) is 13.5. The predicted octanol–water partition coefficient (Wildman–Crippen LogP) is 3.46. The second kappa shape index (κ2) is 6.85. The second-order valence-corrected chi connectivity index (χ2v) is 4.88. The lowest BCUT2D eigenvalue weighted by Crippen LogP contribution is -2.21. The SMILES string of the molecule is CSc1cccc(NC(=O)CNc2ccccc2)c1. The number of amides is 1. The molecule has 0 unspecified atom stereocenters. The molecule has 0 spiro atoms. The van der Waals surface area contributed by atoms with Crippen molar-refractivity contribution in [3.05, 3.63) is 54.6 Å². The minimum absolute atomic E-state index is 0.0536. The zero-order valence-electron chi connectivity index (χ0n) is 10.7. The van der Waals surface area contributed by atoms with Crippen LogP contribution in [0.4, 0.5) is 11.4 Å². The maximum absolute atomic E-state index is 11.8. The third-order valence-corrected chi connectivity index (χ3v) is 3.31. The fourth-order valence-corrected chi connectivity index (χ4v) is 2.10. The Hall–Kier alpha value is -1.94. The van der Waals surface area contributed by atoms with E-state index in [4.69, 9.17) is 0 Å². The molecular formula is C15H16N2OS. The molecule has 98 valence electrons. The van der Waals surface area contributed by atoms with E-state index >= 15 is 0 Å². The third kappa shape index (κ3) is 4.34. The van der Waals surface area contributed by atoms with Crippen molar-refractivity contribution < 1.29 is 4.79 Å². The van der Waals surface area contributed by atoms with Crippen LogP contribution >= 0.6 is 11.8 Å². The van der Waals surface area contributed by atoms with E-state index in [0.717, 1.165) is 16.3 Å². The Labute approximate surface area is 117 Å². The highest BCUT2D eigenvalue weighted by Gasteiger charge is 2.02. The average molecular weight is 272 g/mol. The molecule has 0 radical (unpaired) electrons. The third-order valence-electron chi connectivity index (χ3n) is 2.58. The Morgan fingerprint density at radius 1 is 1.05 bits per heavy atom. The van der Waals surface area contributed by atoms with Gasteiger partial charge in [-0.05, 0) is 36.6 Å². The van der Waals surface area contributed by atoms with Crippen LogP contribution in [0.2, 0.25) is 0 Å².